The van der Waals surface area contributed by atoms with E-state index >= 15 is 0 Å². The van der Waals surface area contributed by atoms with Crippen molar-refractivity contribution in [3.63, 3.8) is 0 Å². The Balaban J connectivity index is 2.28. The molecule has 0 amide bonds. The lowest BCUT2D eigenvalue weighted by Gasteiger charge is -2.10. The van der Waals surface area contributed by atoms with Gasteiger partial charge in [0.05, 0.1) is 22.6 Å². The van der Waals surface area contributed by atoms with Crippen LogP contribution in [-0.4, -0.2) is 18.4 Å². The smallest absolute Gasteiger partial charge is 0.241 e. The summed E-state index contributed by atoms with van der Waals surface area (Å²) in [6.07, 6.45) is 0. The molecule has 0 aliphatic heterocycles. The number of thiocarbonyl (C=S) groups is 1. The minimum Gasteiger partial charge on any atom is -0.389 e. The van der Waals surface area contributed by atoms with E-state index in [1.54, 1.807) is 29.9 Å². The number of aryl methyl sites for hydroxylation is 1. The van der Waals surface area contributed by atoms with Crippen molar-refractivity contribution in [3.05, 3.63) is 45.9 Å². The van der Waals surface area contributed by atoms with Crippen LogP contribution in [-0.2, 0) is 16.6 Å². The van der Waals surface area contributed by atoms with Crippen LogP contribution in [0, 0.1) is 6.92 Å². The first-order chi connectivity index (χ1) is 9.40. The molecule has 1 aromatic heterocycles. The van der Waals surface area contributed by atoms with Crippen LogP contribution in [0.4, 0.5) is 0 Å². The van der Waals surface area contributed by atoms with Crippen molar-refractivity contribution in [1.29, 1.82) is 0 Å². The molecule has 106 valence electrons. The lowest BCUT2D eigenvalue weighted by Crippen LogP contribution is -2.24. The standard InChI is InChI=1S/C12H13N3O2S3/c1-8-2-3-9(12(13)18)4-11(8)20(16,17)15-5-10-6-19-7-14-10/h2-4,6-7,15H,5H2,1H3,(H2,13,18). The third-order valence-electron chi connectivity index (χ3n) is 2.69. The van der Waals surface area contributed by atoms with Crippen LogP contribution in [0.15, 0.2) is 34.0 Å². The zero-order valence-corrected chi connectivity index (χ0v) is 13.1. The highest BCUT2D eigenvalue weighted by Gasteiger charge is 2.18. The molecule has 5 nitrogen and oxygen atoms in total. The van der Waals surface area contributed by atoms with Crippen LogP contribution < -0.4 is 10.5 Å². The van der Waals surface area contributed by atoms with Crippen LogP contribution in [0.1, 0.15) is 16.8 Å². The Labute approximate surface area is 126 Å². The first-order valence-electron chi connectivity index (χ1n) is 5.67. The first kappa shape index (κ1) is 15.0. The molecule has 3 N–H and O–H groups in total. The molecular formula is C12H13N3O2S3. The van der Waals surface area contributed by atoms with Gasteiger partial charge in [0.15, 0.2) is 0 Å². The van der Waals surface area contributed by atoms with Gasteiger partial charge in [-0.1, -0.05) is 24.4 Å². The zero-order chi connectivity index (χ0) is 14.8. The summed E-state index contributed by atoms with van der Waals surface area (Å²) in [4.78, 5) is 4.38. The fraction of sp³-hybridized carbons (Fsp3) is 0.167. The van der Waals surface area contributed by atoms with E-state index in [2.05, 4.69) is 9.71 Å². The molecule has 0 aliphatic carbocycles. The second-order valence-corrected chi connectivity index (χ2v) is 7.04. The van der Waals surface area contributed by atoms with E-state index in [1.165, 1.54) is 17.4 Å². The van der Waals surface area contributed by atoms with Crippen LogP contribution in [0.5, 0.6) is 0 Å². The number of aromatic nitrogens is 1. The minimum atomic E-state index is -3.62. The van der Waals surface area contributed by atoms with Crippen molar-refractivity contribution >= 4 is 38.6 Å². The number of nitrogens with zero attached hydrogens (tertiary/aromatic N) is 1. The number of sulfonamides is 1. The monoisotopic (exact) mass is 327 g/mol. The lowest BCUT2D eigenvalue weighted by atomic mass is 10.1. The molecular weight excluding hydrogens is 314 g/mol. The number of nitrogens with two attached hydrogens (primary N) is 1. The molecule has 1 aromatic carbocycles. The van der Waals surface area contributed by atoms with Crippen LogP contribution in [0.25, 0.3) is 0 Å². The van der Waals surface area contributed by atoms with E-state index < -0.39 is 10.0 Å². The Kier molecular flexibility index (Phi) is 4.48. The summed E-state index contributed by atoms with van der Waals surface area (Å²) < 4.78 is 27.1. The van der Waals surface area contributed by atoms with E-state index in [1.807, 2.05) is 0 Å². The highest BCUT2D eigenvalue weighted by atomic mass is 32.2. The SMILES string of the molecule is Cc1ccc(C(N)=S)cc1S(=O)(=O)NCc1cscn1. The number of thiazole rings is 1. The molecule has 0 fully saturated rings. The molecule has 20 heavy (non-hydrogen) atoms. The number of hydrogen-bond donors (Lipinski definition) is 2. The van der Waals surface area contributed by atoms with Gasteiger partial charge in [-0.05, 0) is 18.6 Å². The average Bonchev–Trinajstić information content (AvgIpc) is 2.89. The Bertz CT molecular complexity index is 724. The average molecular weight is 327 g/mol. The van der Waals surface area contributed by atoms with Gasteiger partial charge in [0.25, 0.3) is 0 Å². The maximum atomic E-state index is 12.3. The van der Waals surface area contributed by atoms with Crippen LogP contribution in [0.3, 0.4) is 0 Å². The van der Waals surface area contributed by atoms with Crippen molar-refractivity contribution in [2.75, 3.05) is 0 Å². The molecule has 2 aromatic rings. The Morgan fingerprint density at radius 1 is 1.50 bits per heavy atom. The molecule has 1 heterocycles. The summed E-state index contributed by atoms with van der Waals surface area (Å²) in [6, 6.07) is 4.88. The Hall–Kier alpha value is -1.35. The molecule has 0 spiro atoms. The van der Waals surface area contributed by atoms with Crippen molar-refractivity contribution in [2.24, 2.45) is 5.73 Å². The third kappa shape index (κ3) is 3.40. The summed E-state index contributed by atoms with van der Waals surface area (Å²) in [5.74, 6) is 0. The number of hydrogen-bond acceptors (Lipinski definition) is 5. The fourth-order valence-corrected chi connectivity index (χ4v) is 3.57. The quantitative estimate of drug-likeness (QED) is 0.814. The molecule has 2 rings (SSSR count). The predicted octanol–water partition coefficient (Wildman–Crippen LogP) is 1.56. The second kappa shape index (κ2) is 5.96. The lowest BCUT2D eigenvalue weighted by molar-refractivity contribution is 0.580. The Morgan fingerprint density at radius 3 is 2.85 bits per heavy atom. The molecule has 8 heteroatoms. The summed E-state index contributed by atoms with van der Waals surface area (Å²) in [7, 11) is -3.62. The largest absolute Gasteiger partial charge is 0.389 e. The topological polar surface area (TPSA) is 85.1 Å². The van der Waals surface area contributed by atoms with E-state index in [4.69, 9.17) is 18.0 Å². The summed E-state index contributed by atoms with van der Waals surface area (Å²) in [5, 5.41) is 1.79. The minimum absolute atomic E-state index is 0.155. The van der Waals surface area contributed by atoms with E-state index in [-0.39, 0.29) is 16.4 Å². The molecule has 0 aliphatic rings. The van der Waals surface area contributed by atoms with E-state index in [9.17, 15) is 8.42 Å². The molecule has 0 atom stereocenters. The van der Waals surface area contributed by atoms with Gasteiger partial charge in [-0.2, -0.15) is 0 Å². The molecule has 0 saturated heterocycles. The Morgan fingerprint density at radius 2 is 2.25 bits per heavy atom. The normalized spacial score (nSPS) is 11.4. The van der Waals surface area contributed by atoms with Crippen molar-refractivity contribution < 1.29 is 8.42 Å². The van der Waals surface area contributed by atoms with Crippen molar-refractivity contribution in [2.45, 2.75) is 18.4 Å². The van der Waals surface area contributed by atoms with Gasteiger partial charge in [0, 0.05) is 10.9 Å². The number of benzene rings is 1. The van der Waals surface area contributed by atoms with Gasteiger partial charge in [-0.15, -0.1) is 11.3 Å². The zero-order valence-electron chi connectivity index (χ0n) is 10.7. The molecule has 0 bridgehead atoms. The van der Waals surface area contributed by atoms with E-state index in [0.717, 1.165) is 0 Å². The van der Waals surface area contributed by atoms with Gasteiger partial charge >= 0.3 is 0 Å². The van der Waals surface area contributed by atoms with Gasteiger partial charge in [-0.25, -0.2) is 18.1 Å². The second-order valence-electron chi connectivity index (χ2n) is 4.15. The molecule has 0 unspecified atom stereocenters. The van der Waals surface area contributed by atoms with Gasteiger partial charge in [0.1, 0.15) is 4.99 Å². The maximum Gasteiger partial charge on any atom is 0.241 e. The van der Waals surface area contributed by atoms with Gasteiger partial charge in [-0.3, -0.25) is 0 Å². The molecule has 0 saturated carbocycles. The predicted molar refractivity (Wildman–Crippen MR) is 83.2 cm³/mol. The molecule has 0 radical (unpaired) electrons. The number of rotatable bonds is 5. The van der Waals surface area contributed by atoms with Gasteiger partial charge in [0.2, 0.25) is 10.0 Å². The summed E-state index contributed by atoms with van der Waals surface area (Å²) in [5.41, 5.74) is 9.03. The highest BCUT2D eigenvalue weighted by Crippen LogP contribution is 2.17. The van der Waals surface area contributed by atoms with Crippen molar-refractivity contribution in [3.8, 4) is 0 Å². The third-order valence-corrected chi connectivity index (χ3v) is 5.10. The van der Waals surface area contributed by atoms with Crippen molar-refractivity contribution in [1.82, 2.24) is 9.71 Å². The summed E-state index contributed by atoms with van der Waals surface area (Å²) in [6.45, 7) is 1.88. The van der Waals surface area contributed by atoms with Gasteiger partial charge < -0.3 is 5.73 Å². The van der Waals surface area contributed by atoms with E-state index in [0.29, 0.717) is 16.8 Å². The van der Waals surface area contributed by atoms with Crippen LogP contribution >= 0.6 is 23.6 Å². The highest BCUT2D eigenvalue weighted by molar-refractivity contribution is 7.89. The maximum absolute atomic E-state index is 12.3. The fourth-order valence-electron chi connectivity index (χ4n) is 1.61. The number of nitrogens with one attached hydrogen (secondary N) is 1. The summed E-state index contributed by atoms with van der Waals surface area (Å²) >= 11 is 6.29. The van der Waals surface area contributed by atoms with Crippen LogP contribution in [0.2, 0.25) is 0 Å². The first-order valence-corrected chi connectivity index (χ1v) is 8.51.